The summed E-state index contributed by atoms with van der Waals surface area (Å²) in [5.74, 6) is 0.983. The van der Waals surface area contributed by atoms with Crippen LogP contribution in [0.4, 0.5) is 5.69 Å². The number of ether oxygens (including phenoxy) is 1. The Bertz CT molecular complexity index is 1580. The third-order valence-electron chi connectivity index (χ3n) is 6.41. The smallest absolute Gasteiger partial charge is 0.234 e. The minimum absolute atomic E-state index is 0.0854. The second-order valence-electron chi connectivity index (χ2n) is 9.40. The van der Waals surface area contributed by atoms with Gasteiger partial charge in [0.05, 0.1) is 28.6 Å². The molecule has 0 aliphatic carbocycles. The van der Waals surface area contributed by atoms with Crippen LogP contribution in [0.5, 0.6) is 0 Å². The molecule has 1 unspecified atom stereocenters. The number of hydrogen-bond donors (Lipinski definition) is 1. The molecule has 5 aromatic rings. The molecule has 1 atom stereocenters. The van der Waals surface area contributed by atoms with E-state index in [4.69, 9.17) is 9.72 Å². The number of nitrogens with one attached hydrogen (secondary N) is 1. The van der Waals surface area contributed by atoms with E-state index in [0.717, 1.165) is 57.8 Å². The monoisotopic (exact) mass is 561 g/mol. The summed E-state index contributed by atoms with van der Waals surface area (Å²) in [6.45, 7) is 5.66. The summed E-state index contributed by atoms with van der Waals surface area (Å²) >= 11 is 4.77. The third kappa shape index (κ3) is 5.54. The van der Waals surface area contributed by atoms with Crippen molar-refractivity contribution in [2.75, 3.05) is 17.7 Å². The lowest BCUT2D eigenvalue weighted by atomic mass is 10.2. The van der Waals surface area contributed by atoms with Gasteiger partial charge in [0, 0.05) is 33.7 Å². The molecule has 0 bridgehead atoms. The fourth-order valence-corrected chi connectivity index (χ4v) is 7.00. The fourth-order valence-electron chi connectivity index (χ4n) is 4.50. The van der Waals surface area contributed by atoms with Crippen molar-refractivity contribution in [1.29, 1.82) is 0 Å². The van der Waals surface area contributed by atoms with Crippen molar-refractivity contribution in [3.05, 3.63) is 64.4 Å². The van der Waals surface area contributed by atoms with Gasteiger partial charge in [0.15, 0.2) is 11.0 Å². The quantitative estimate of drug-likeness (QED) is 0.210. The first-order valence-corrected chi connectivity index (χ1v) is 15.2. The van der Waals surface area contributed by atoms with E-state index in [1.54, 1.807) is 22.7 Å². The summed E-state index contributed by atoms with van der Waals surface area (Å²) in [5, 5.41) is 15.7. The standard InChI is InChI=1S/C28H27N5O2S3/c1-17-5-10-23-24(12-17)38-27(30-23)19-6-8-21(9-7-19)29-25(34)16-37-28-32-31-26(20-13-18(2)36-15-20)33(28)14-22-4-3-11-35-22/h5-10,12-13,15,22H,3-4,11,14,16H2,1-2H3,(H,29,34). The summed E-state index contributed by atoms with van der Waals surface area (Å²) in [6.07, 6.45) is 2.25. The van der Waals surface area contributed by atoms with Gasteiger partial charge in [-0.3, -0.25) is 9.36 Å². The number of amides is 1. The second-order valence-corrected chi connectivity index (χ2v) is 12.5. The van der Waals surface area contributed by atoms with Gasteiger partial charge in [0.2, 0.25) is 5.91 Å². The number of fused-ring (bicyclic) bond motifs is 1. The molecule has 7 nitrogen and oxygen atoms in total. The van der Waals surface area contributed by atoms with Crippen LogP contribution in [0.2, 0.25) is 0 Å². The van der Waals surface area contributed by atoms with Crippen LogP contribution in [0.3, 0.4) is 0 Å². The average Bonchev–Trinajstić information content (AvgIpc) is 3.71. The Morgan fingerprint density at radius 2 is 2.00 bits per heavy atom. The maximum absolute atomic E-state index is 12.8. The van der Waals surface area contributed by atoms with Crippen molar-refractivity contribution in [1.82, 2.24) is 19.7 Å². The van der Waals surface area contributed by atoms with Gasteiger partial charge in [-0.05, 0) is 74.7 Å². The lowest BCUT2D eigenvalue weighted by molar-refractivity contribution is -0.113. The predicted octanol–water partition coefficient (Wildman–Crippen LogP) is 6.81. The Morgan fingerprint density at radius 3 is 2.76 bits per heavy atom. The molecule has 0 radical (unpaired) electrons. The van der Waals surface area contributed by atoms with Crippen molar-refractivity contribution in [3.63, 3.8) is 0 Å². The number of anilines is 1. The topological polar surface area (TPSA) is 81.9 Å². The van der Waals surface area contributed by atoms with E-state index in [1.807, 2.05) is 24.3 Å². The minimum atomic E-state index is -0.0854. The van der Waals surface area contributed by atoms with Crippen LogP contribution in [-0.2, 0) is 16.1 Å². The Balaban J connectivity index is 1.12. The molecule has 2 aromatic carbocycles. The van der Waals surface area contributed by atoms with Crippen LogP contribution in [0.25, 0.3) is 32.2 Å². The number of rotatable bonds is 8. The molecular formula is C28H27N5O2S3. The van der Waals surface area contributed by atoms with Gasteiger partial charge >= 0.3 is 0 Å². The van der Waals surface area contributed by atoms with Gasteiger partial charge in [-0.15, -0.1) is 32.9 Å². The van der Waals surface area contributed by atoms with Gasteiger partial charge in [0.25, 0.3) is 0 Å². The number of carbonyl (C=O) groups excluding carboxylic acids is 1. The normalized spacial score (nSPS) is 15.4. The molecule has 1 fully saturated rings. The summed E-state index contributed by atoms with van der Waals surface area (Å²) in [6, 6.07) is 16.3. The van der Waals surface area contributed by atoms with E-state index in [0.29, 0.717) is 6.54 Å². The number of aryl methyl sites for hydroxylation is 2. The number of thiophene rings is 1. The number of nitrogens with zero attached hydrogens (tertiary/aromatic N) is 4. The fraction of sp³-hybridized carbons (Fsp3) is 0.286. The number of thioether (sulfide) groups is 1. The first-order chi connectivity index (χ1) is 18.5. The van der Waals surface area contributed by atoms with Crippen LogP contribution in [0.1, 0.15) is 23.3 Å². The van der Waals surface area contributed by atoms with Gasteiger partial charge in [-0.1, -0.05) is 17.8 Å². The highest BCUT2D eigenvalue weighted by Gasteiger charge is 2.22. The largest absolute Gasteiger partial charge is 0.376 e. The molecule has 3 aromatic heterocycles. The first-order valence-electron chi connectivity index (χ1n) is 12.5. The van der Waals surface area contributed by atoms with Crippen LogP contribution in [0.15, 0.2) is 59.1 Å². The van der Waals surface area contributed by atoms with E-state index in [2.05, 4.69) is 63.6 Å². The molecule has 0 saturated carbocycles. The van der Waals surface area contributed by atoms with E-state index >= 15 is 0 Å². The predicted molar refractivity (Wildman–Crippen MR) is 156 cm³/mol. The Hall–Kier alpha value is -3.05. The zero-order valence-corrected chi connectivity index (χ0v) is 23.6. The van der Waals surface area contributed by atoms with Crippen LogP contribution in [-0.4, -0.2) is 44.1 Å². The van der Waals surface area contributed by atoms with E-state index < -0.39 is 0 Å². The molecule has 1 aliphatic heterocycles. The van der Waals surface area contributed by atoms with Crippen LogP contribution < -0.4 is 5.32 Å². The molecule has 1 N–H and O–H groups in total. The van der Waals surface area contributed by atoms with Crippen molar-refractivity contribution < 1.29 is 9.53 Å². The summed E-state index contributed by atoms with van der Waals surface area (Å²) in [5.41, 5.74) is 5.08. The average molecular weight is 562 g/mol. The van der Waals surface area contributed by atoms with Crippen molar-refractivity contribution in [2.45, 2.75) is 44.5 Å². The first kappa shape index (κ1) is 25.2. The SMILES string of the molecule is Cc1ccc2nc(-c3ccc(NC(=O)CSc4nnc(-c5csc(C)c5)n4CC4CCCO4)cc3)sc2c1. The maximum atomic E-state index is 12.8. The second kappa shape index (κ2) is 11.0. The molecule has 1 aliphatic rings. The third-order valence-corrected chi connectivity index (χ3v) is 9.30. The Morgan fingerprint density at radius 1 is 1.13 bits per heavy atom. The number of aromatic nitrogens is 4. The zero-order valence-electron chi connectivity index (χ0n) is 21.1. The number of benzene rings is 2. The van der Waals surface area contributed by atoms with E-state index in [-0.39, 0.29) is 17.8 Å². The molecule has 6 rings (SSSR count). The molecule has 194 valence electrons. The van der Waals surface area contributed by atoms with Crippen molar-refractivity contribution in [3.8, 4) is 22.0 Å². The van der Waals surface area contributed by atoms with Gasteiger partial charge in [-0.2, -0.15) is 0 Å². The summed E-state index contributed by atoms with van der Waals surface area (Å²) in [7, 11) is 0. The number of hydrogen-bond acceptors (Lipinski definition) is 8. The number of thiazole rings is 1. The molecular weight excluding hydrogens is 535 g/mol. The van der Waals surface area contributed by atoms with Crippen molar-refractivity contribution in [2.24, 2.45) is 0 Å². The van der Waals surface area contributed by atoms with Crippen molar-refractivity contribution >= 4 is 56.2 Å². The molecule has 4 heterocycles. The Kier molecular flexibility index (Phi) is 7.29. The van der Waals surface area contributed by atoms with Gasteiger partial charge in [0.1, 0.15) is 5.01 Å². The van der Waals surface area contributed by atoms with E-state index in [1.165, 1.54) is 26.9 Å². The van der Waals surface area contributed by atoms with Crippen LogP contribution >= 0.6 is 34.4 Å². The van der Waals surface area contributed by atoms with Gasteiger partial charge < -0.3 is 10.1 Å². The molecule has 1 saturated heterocycles. The highest BCUT2D eigenvalue weighted by atomic mass is 32.2. The summed E-state index contributed by atoms with van der Waals surface area (Å²) < 4.78 is 9.16. The maximum Gasteiger partial charge on any atom is 0.234 e. The van der Waals surface area contributed by atoms with Crippen LogP contribution in [0, 0.1) is 13.8 Å². The Labute approximate surface area is 233 Å². The minimum Gasteiger partial charge on any atom is -0.376 e. The lowest BCUT2D eigenvalue weighted by Gasteiger charge is -2.14. The molecule has 1 amide bonds. The number of carbonyl (C=O) groups is 1. The highest BCUT2D eigenvalue weighted by Crippen LogP contribution is 2.32. The van der Waals surface area contributed by atoms with Gasteiger partial charge in [-0.25, -0.2) is 4.98 Å². The zero-order chi connectivity index (χ0) is 26.1. The molecule has 10 heteroatoms. The van der Waals surface area contributed by atoms with E-state index in [9.17, 15) is 4.79 Å². The lowest BCUT2D eigenvalue weighted by Crippen LogP contribution is -2.18. The highest BCUT2D eigenvalue weighted by molar-refractivity contribution is 7.99. The molecule has 38 heavy (non-hydrogen) atoms. The summed E-state index contributed by atoms with van der Waals surface area (Å²) in [4.78, 5) is 18.8. The molecule has 0 spiro atoms.